The summed E-state index contributed by atoms with van der Waals surface area (Å²) in [5.74, 6) is 0.0554. The molecule has 1 aliphatic heterocycles. The Balaban J connectivity index is 1.56. The number of anilines is 1. The summed E-state index contributed by atoms with van der Waals surface area (Å²) in [6, 6.07) is 13.4. The number of Topliss-reactive ketones (excluding diaryl/α,β-unsaturated/α-hetero) is 1. The van der Waals surface area contributed by atoms with Gasteiger partial charge in [0.15, 0.2) is 5.78 Å². The number of hydrogen-bond acceptors (Lipinski definition) is 3. The number of rotatable bonds is 5. The van der Waals surface area contributed by atoms with Gasteiger partial charge in [0.05, 0.1) is 5.56 Å². The maximum Gasteiger partial charge on any atom is 0.416 e. The Labute approximate surface area is 163 Å². The van der Waals surface area contributed by atoms with Gasteiger partial charge >= 0.3 is 6.18 Å². The predicted molar refractivity (Wildman–Crippen MR) is 105 cm³/mol. The van der Waals surface area contributed by atoms with Crippen LogP contribution in [0.25, 0.3) is 0 Å². The molecule has 1 saturated heterocycles. The zero-order valence-electron chi connectivity index (χ0n) is 16.2. The number of halogens is 3. The summed E-state index contributed by atoms with van der Waals surface area (Å²) in [5, 5.41) is 0. The van der Waals surface area contributed by atoms with Gasteiger partial charge in [0.1, 0.15) is 0 Å². The molecule has 1 atom stereocenters. The van der Waals surface area contributed by atoms with E-state index in [4.69, 9.17) is 0 Å². The van der Waals surface area contributed by atoms with Crippen LogP contribution in [0.4, 0.5) is 18.9 Å². The third kappa shape index (κ3) is 4.93. The van der Waals surface area contributed by atoms with Crippen LogP contribution in [0.2, 0.25) is 0 Å². The highest BCUT2D eigenvalue weighted by Gasteiger charge is 2.30. The van der Waals surface area contributed by atoms with Crippen molar-refractivity contribution in [3.05, 3.63) is 65.2 Å². The molecule has 0 aromatic heterocycles. The molecule has 0 aliphatic carbocycles. The molecule has 150 valence electrons. The molecule has 28 heavy (non-hydrogen) atoms. The maximum atomic E-state index is 12.9. The molecule has 1 aliphatic rings. The quantitative estimate of drug-likeness (QED) is 0.694. The monoisotopic (exact) mass is 390 g/mol. The molecular formula is C22H25F3N2O. The van der Waals surface area contributed by atoms with Crippen molar-refractivity contribution in [1.29, 1.82) is 0 Å². The fourth-order valence-electron chi connectivity index (χ4n) is 3.67. The lowest BCUT2D eigenvalue weighted by Crippen LogP contribution is -2.50. The van der Waals surface area contributed by atoms with E-state index in [9.17, 15) is 18.0 Å². The summed E-state index contributed by atoms with van der Waals surface area (Å²) in [6.07, 6.45) is -3.71. The van der Waals surface area contributed by atoms with Crippen LogP contribution < -0.4 is 4.90 Å². The second kappa shape index (κ2) is 8.35. The lowest BCUT2D eigenvalue weighted by atomic mass is 10.0. The van der Waals surface area contributed by atoms with Crippen molar-refractivity contribution in [2.24, 2.45) is 0 Å². The zero-order valence-corrected chi connectivity index (χ0v) is 16.2. The largest absolute Gasteiger partial charge is 0.416 e. The third-order valence-electron chi connectivity index (χ3n) is 5.36. The number of carbonyl (C=O) groups is 1. The van der Waals surface area contributed by atoms with E-state index >= 15 is 0 Å². The predicted octanol–water partition coefficient (Wildman–Crippen LogP) is 4.66. The molecule has 0 amide bonds. The van der Waals surface area contributed by atoms with Gasteiger partial charge in [-0.05, 0) is 56.2 Å². The smallest absolute Gasteiger partial charge is 0.369 e. The van der Waals surface area contributed by atoms with E-state index < -0.39 is 11.7 Å². The number of piperazine rings is 1. The van der Waals surface area contributed by atoms with E-state index in [-0.39, 0.29) is 11.8 Å². The van der Waals surface area contributed by atoms with Crippen LogP contribution >= 0.6 is 0 Å². The Morgan fingerprint density at radius 3 is 2.25 bits per heavy atom. The molecule has 0 unspecified atom stereocenters. The maximum absolute atomic E-state index is 12.9. The minimum Gasteiger partial charge on any atom is -0.369 e. The van der Waals surface area contributed by atoms with Crippen LogP contribution in [-0.2, 0) is 12.6 Å². The van der Waals surface area contributed by atoms with Gasteiger partial charge in [-0.3, -0.25) is 9.69 Å². The molecule has 0 N–H and O–H groups in total. The van der Waals surface area contributed by atoms with Crippen molar-refractivity contribution in [2.45, 2.75) is 32.5 Å². The van der Waals surface area contributed by atoms with Gasteiger partial charge in [-0.15, -0.1) is 0 Å². The highest BCUT2D eigenvalue weighted by atomic mass is 19.4. The van der Waals surface area contributed by atoms with Gasteiger partial charge in [0, 0.05) is 43.5 Å². The van der Waals surface area contributed by atoms with E-state index in [0.717, 1.165) is 37.9 Å². The first-order valence-corrected chi connectivity index (χ1v) is 9.50. The summed E-state index contributed by atoms with van der Waals surface area (Å²) in [7, 11) is 0. The van der Waals surface area contributed by atoms with Crippen molar-refractivity contribution in [2.75, 3.05) is 31.1 Å². The molecular weight excluding hydrogens is 365 g/mol. The Hall–Kier alpha value is -2.34. The first-order chi connectivity index (χ1) is 13.2. The summed E-state index contributed by atoms with van der Waals surface area (Å²) in [5.41, 5.74) is 1.92. The minimum atomic E-state index is -4.30. The van der Waals surface area contributed by atoms with Crippen LogP contribution in [0, 0.1) is 0 Å². The first kappa shape index (κ1) is 20.4. The lowest BCUT2D eigenvalue weighted by Gasteiger charge is -2.39. The number of carbonyl (C=O) groups excluding carboxylic acids is 1. The van der Waals surface area contributed by atoms with Crippen molar-refractivity contribution in [1.82, 2.24) is 4.90 Å². The number of benzene rings is 2. The molecule has 2 aromatic carbocycles. The standard InChI is InChI=1S/C22H25F3N2O/c1-16(14-18-4-3-5-20(15-18)22(23,24)25)26-10-12-27(13-11-26)21-8-6-19(7-9-21)17(2)28/h3-9,15-16H,10-14H2,1-2H3/t16-/m0/s1. The number of alkyl halides is 3. The van der Waals surface area contributed by atoms with Crippen LogP contribution in [0.3, 0.4) is 0 Å². The molecule has 1 fully saturated rings. The second-order valence-corrected chi connectivity index (χ2v) is 7.38. The zero-order chi connectivity index (χ0) is 20.3. The molecule has 3 rings (SSSR count). The number of ketones is 1. The van der Waals surface area contributed by atoms with E-state index in [0.29, 0.717) is 17.5 Å². The van der Waals surface area contributed by atoms with E-state index in [1.165, 1.54) is 12.1 Å². The lowest BCUT2D eigenvalue weighted by molar-refractivity contribution is -0.137. The van der Waals surface area contributed by atoms with Crippen LogP contribution in [0.5, 0.6) is 0 Å². The van der Waals surface area contributed by atoms with E-state index in [2.05, 4.69) is 16.7 Å². The number of hydrogen-bond donors (Lipinski definition) is 0. The summed E-state index contributed by atoms with van der Waals surface area (Å²) in [6.45, 7) is 7.04. The molecule has 0 saturated carbocycles. The highest BCUT2D eigenvalue weighted by molar-refractivity contribution is 5.94. The average molecular weight is 390 g/mol. The number of nitrogens with zero attached hydrogens (tertiary/aromatic N) is 2. The van der Waals surface area contributed by atoms with Crippen LogP contribution in [0.1, 0.15) is 35.3 Å². The first-order valence-electron chi connectivity index (χ1n) is 9.50. The Bertz CT molecular complexity index is 809. The third-order valence-corrected chi connectivity index (χ3v) is 5.36. The fourth-order valence-corrected chi connectivity index (χ4v) is 3.67. The van der Waals surface area contributed by atoms with Gasteiger partial charge in [-0.25, -0.2) is 0 Å². The Morgan fingerprint density at radius 1 is 1.04 bits per heavy atom. The van der Waals surface area contributed by atoms with Gasteiger partial charge < -0.3 is 4.90 Å². The molecule has 2 aromatic rings. The van der Waals surface area contributed by atoms with Gasteiger partial charge in [-0.1, -0.05) is 18.2 Å². The van der Waals surface area contributed by atoms with Gasteiger partial charge in [0.25, 0.3) is 0 Å². The van der Waals surface area contributed by atoms with Crippen LogP contribution in [-0.4, -0.2) is 42.9 Å². The molecule has 0 spiro atoms. The van der Waals surface area contributed by atoms with Crippen molar-refractivity contribution in [3.8, 4) is 0 Å². The molecule has 0 radical (unpaired) electrons. The topological polar surface area (TPSA) is 23.6 Å². The average Bonchev–Trinajstić information content (AvgIpc) is 2.68. The summed E-state index contributed by atoms with van der Waals surface area (Å²) < 4.78 is 38.7. The van der Waals surface area contributed by atoms with Crippen molar-refractivity contribution >= 4 is 11.5 Å². The van der Waals surface area contributed by atoms with E-state index in [1.807, 2.05) is 24.3 Å². The Morgan fingerprint density at radius 2 is 1.68 bits per heavy atom. The SMILES string of the molecule is CC(=O)c1ccc(N2CCN([C@@H](C)Cc3cccc(C(F)(F)F)c3)CC2)cc1. The van der Waals surface area contributed by atoms with Crippen LogP contribution in [0.15, 0.2) is 48.5 Å². The van der Waals surface area contributed by atoms with Crippen molar-refractivity contribution in [3.63, 3.8) is 0 Å². The normalized spacial score (nSPS) is 16.8. The summed E-state index contributed by atoms with van der Waals surface area (Å²) >= 11 is 0. The Kier molecular flexibility index (Phi) is 6.08. The van der Waals surface area contributed by atoms with E-state index in [1.54, 1.807) is 13.0 Å². The second-order valence-electron chi connectivity index (χ2n) is 7.38. The molecule has 3 nitrogen and oxygen atoms in total. The summed E-state index contributed by atoms with van der Waals surface area (Å²) in [4.78, 5) is 16.0. The van der Waals surface area contributed by atoms with Crippen molar-refractivity contribution < 1.29 is 18.0 Å². The fraction of sp³-hybridized carbons (Fsp3) is 0.409. The minimum absolute atomic E-state index is 0.0554. The molecule has 6 heteroatoms. The van der Waals surface area contributed by atoms with Gasteiger partial charge in [-0.2, -0.15) is 13.2 Å². The molecule has 0 bridgehead atoms. The highest BCUT2D eigenvalue weighted by Crippen LogP contribution is 2.30. The van der Waals surface area contributed by atoms with Gasteiger partial charge in [0.2, 0.25) is 0 Å². The molecule has 1 heterocycles.